The van der Waals surface area contributed by atoms with E-state index in [4.69, 9.17) is 0 Å². The second kappa shape index (κ2) is 5.97. The third kappa shape index (κ3) is 4.99. The predicted molar refractivity (Wildman–Crippen MR) is 24.4 cm³/mol. The van der Waals surface area contributed by atoms with Gasteiger partial charge in [0.1, 0.15) is 0 Å². The van der Waals surface area contributed by atoms with Crippen LogP contribution in [0.3, 0.4) is 0 Å². The molecule has 8 heavy (non-hydrogen) atoms. The number of carbonyl (C=O) groups excluding carboxylic acids is 1. The Morgan fingerprint density at radius 2 is 2.00 bits per heavy atom. The minimum absolute atomic E-state index is 0. The molecular weight excluding hydrogens is 131 g/mol. The van der Waals surface area contributed by atoms with Gasteiger partial charge in [0.05, 0.1) is 5.97 Å². The van der Waals surface area contributed by atoms with Crippen LogP contribution in [0.1, 0.15) is 13.8 Å². The first-order valence-electron chi connectivity index (χ1n) is 2.02. The van der Waals surface area contributed by atoms with Crippen molar-refractivity contribution >= 4 is 5.97 Å². The van der Waals surface area contributed by atoms with E-state index in [2.05, 4.69) is 0 Å². The molecule has 0 atom stereocenters. The first-order chi connectivity index (χ1) is 3.18. The van der Waals surface area contributed by atoms with Crippen molar-refractivity contribution in [3.05, 3.63) is 11.6 Å². The molecule has 0 unspecified atom stereocenters. The standard InChI is InChI=1S/C5H8O2.K/c1-3-4(2)5(6)7;/h3H,1-2H3,(H,6,7);/q;+1/p-1/b4-3+;. The molecule has 0 aliphatic heterocycles. The van der Waals surface area contributed by atoms with E-state index >= 15 is 0 Å². The van der Waals surface area contributed by atoms with E-state index in [1.807, 2.05) is 0 Å². The molecule has 0 aromatic heterocycles. The largest absolute Gasteiger partial charge is 1.00 e. The van der Waals surface area contributed by atoms with Crippen molar-refractivity contribution in [1.82, 2.24) is 0 Å². The van der Waals surface area contributed by atoms with E-state index in [0.29, 0.717) is 0 Å². The fourth-order valence-corrected chi connectivity index (χ4v) is 0.118. The Labute approximate surface area is 91.4 Å². The monoisotopic (exact) mass is 138 g/mol. The Morgan fingerprint density at radius 3 is 2.00 bits per heavy atom. The third-order valence-electron chi connectivity index (χ3n) is 0.755. The molecular formula is C5H7KO2. The average molecular weight is 138 g/mol. The minimum atomic E-state index is -1.09. The number of hydrogen-bond donors (Lipinski definition) is 0. The predicted octanol–water partition coefficient (Wildman–Crippen LogP) is -3.29. The maximum Gasteiger partial charge on any atom is 1.00 e. The van der Waals surface area contributed by atoms with Crippen LogP contribution >= 0.6 is 0 Å². The summed E-state index contributed by atoms with van der Waals surface area (Å²) in [4.78, 5) is 9.75. The summed E-state index contributed by atoms with van der Waals surface area (Å²) in [7, 11) is 0. The summed E-state index contributed by atoms with van der Waals surface area (Å²) >= 11 is 0. The summed E-state index contributed by atoms with van der Waals surface area (Å²) in [6.45, 7) is 3.15. The van der Waals surface area contributed by atoms with Crippen molar-refractivity contribution in [1.29, 1.82) is 0 Å². The molecule has 0 aliphatic carbocycles. The molecule has 2 nitrogen and oxygen atoms in total. The first kappa shape index (κ1) is 11.6. The van der Waals surface area contributed by atoms with Crippen molar-refractivity contribution in [2.24, 2.45) is 0 Å². The average Bonchev–Trinajstić information content (AvgIpc) is 1.65. The van der Waals surface area contributed by atoms with Crippen LogP contribution in [-0.4, -0.2) is 5.97 Å². The van der Waals surface area contributed by atoms with Crippen molar-refractivity contribution < 1.29 is 61.3 Å². The zero-order chi connectivity index (χ0) is 5.86. The fourth-order valence-electron chi connectivity index (χ4n) is 0.118. The molecule has 0 aromatic carbocycles. The molecule has 0 fully saturated rings. The molecule has 0 heterocycles. The SMILES string of the molecule is C/C=C(\C)C(=O)[O-].[K+]. The van der Waals surface area contributed by atoms with Gasteiger partial charge in [-0.1, -0.05) is 6.08 Å². The Kier molecular flexibility index (Phi) is 8.68. The molecule has 0 aliphatic rings. The molecule has 0 radical (unpaired) electrons. The maximum atomic E-state index is 9.75. The van der Waals surface area contributed by atoms with Gasteiger partial charge in [0.15, 0.2) is 0 Å². The van der Waals surface area contributed by atoms with E-state index < -0.39 is 5.97 Å². The molecule has 0 spiro atoms. The van der Waals surface area contributed by atoms with Crippen molar-refractivity contribution in [2.75, 3.05) is 0 Å². The number of carbonyl (C=O) groups is 1. The zero-order valence-electron chi connectivity index (χ0n) is 5.39. The van der Waals surface area contributed by atoms with Crippen LogP contribution in [0.4, 0.5) is 0 Å². The van der Waals surface area contributed by atoms with E-state index in [1.165, 1.54) is 13.0 Å². The number of rotatable bonds is 1. The summed E-state index contributed by atoms with van der Waals surface area (Å²) in [6.07, 6.45) is 1.50. The van der Waals surface area contributed by atoms with Gasteiger partial charge in [0, 0.05) is 0 Å². The van der Waals surface area contributed by atoms with Crippen LogP contribution in [0, 0.1) is 0 Å². The van der Waals surface area contributed by atoms with E-state index in [0.717, 1.165) is 0 Å². The van der Waals surface area contributed by atoms with Gasteiger partial charge in [-0.2, -0.15) is 0 Å². The summed E-state index contributed by atoms with van der Waals surface area (Å²) < 4.78 is 0. The number of aliphatic carboxylic acids is 1. The molecule has 0 aromatic rings. The van der Waals surface area contributed by atoms with Gasteiger partial charge in [-0.15, -0.1) is 0 Å². The molecule has 0 bridgehead atoms. The van der Waals surface area contributed by atoms with Crippen molar-refractivity contribution in [3.8, 4) is 0 Å². The third-order valence-corrected chi connectivity index (χ3v) is 0.755. The van der Waals surface area contributed by atoms with Gasteiger partial charge in [0.25, 0.3) is 0 Å². The Bertz CT molecular complexity index is 107. The molecule has 0 rings (SSSR count). The van der Waals surface area contributed by atoms with Gasteiger partial charge in [0.2, 0.25) is 0 Å². The topological polar surface area (TPSA) is 40.1 Å². The van der Waals surface area contributed by atoms with Gasteiger partial charge >= 0.3 is 51.4 Å². The van der Waals surface area contributed by atoms with Gasteiger partial charge in [-0.25, -0.2) is 0 Å². The smallest absolute Gasteiger partial charge is 0.545 e. The number of carboxylic acids is 1. The minimum Gasteiger partial charge on any atom is -0.545 e. The van der Waals surface area contributed by atoms with Crippen molar-refractivity contribution in [3.63, 3.8) is 0 Å². The normalized spacial score (nSPS) is 10.0. The van der Waals surface area contributed by atoms with E-state index in [1.54, 1.807) is 6.92 Å². The molecule has 0 saturated heterocycles. The molecule has 3 heteroatoms. The first-order valence-corrected chi connectivity index (χ1v) is 2.02. The Hall–Kier alpha value is 0.846. The van der Waals surface area contributed by atoms with Gasteiger partial charge in [-0.05, 0) is 19.4 Å². The number of hydrogen-bond acceptors (Lipinski definition) is 2. The summed E-state index contributed by atoms with van der Waals surface area (Å²) in [5.41, 5.74) is 0.278. The summed E-state index contributed by atoms with van der Waals surface area (Å²) in [6, 6.07) is 0. The van der Waals surface area contributed by atoms with Crippen LogP contribution in [0.15, 0.2) is 11.6 Å². The quantitative estimate of drug-likeness (QED) is 0.281. The van der Waals surface area contributed by atoms with E-state index in [-0.39, 0.29) is 57.0 Å². The van der Waals surface area contributed by atoms with Crippen molar-refractivity contribution in [2.45, 2.75) is 13.8 Å². The fraction of sp³-hybridized carbons (Fsp3) is 0.400. The Balaban J connectivity index is 0. The second-order valence-corrected chi connectivity index (χ2v) is 1.26. The molecule has 0 saturated carbocycles. The van der Waals surface area contributed by atoms with Crippen LogP contribution in [0.2, 0.25) is 0 Å². The van der Waals surface area contributed by atoms with Gasteiger partial charge in [-0.3, -0.25) is 0 Å². The summed E-state index contributed by atoms with van der Waals surface area (Å²) in [5.74, 6) is -1.09. The molecule has 0 amide bonds. The zero-order valence-corrected chi connectivity index (χ0v) is 8.52. The number of allylic oxidation sites excluding steroid dienone is 1. The van der Waals surface area contributed by atoms with Crippen LogP contribution in [-0.2, 0) is 4.79 Å². The van der Waals surface area contributed by atoms with Crippen LogP contribution < -0.4 is 56.5 Å². The van der Waals surface area contributed by atoms with E-state index in [9.17, 15) is 9.90 Å². The Morgan fingerprint density at radius 1 is 1.62 bits per heavy atom. The van der Waals surface area contributed by atoms with Gasteiger partial charge < -0.3 is 9.90 Å². The van der Waals surface area contributed by atoms with Crippen LogP contribution in [0.25, 0.3) is 0 Å². The summed E-state index contributed by atoms with van der Waals surface area (Å²) in [5, 5.41) is 9.75. The number of carboxylic acid groups (broad SMARTS) is 1. The molecule has 0 N–H and O–H groups in total. The molecule has 40 valence electrons. The second-order valence-electron chi connectivity index (χ2n) is 1.26. The maximum absolute atomic E-state index is 9.75. The van der Waals surface area contributed by atoms with Crippen LogP contribution in [0.5, 0.6) is 0 Å².